The number of amides is 1. The SMILES string of the molecule is CC1CCc2ncnc(N3CCN(C(=O)C(CNCC(C)(C)C)c4ccc(Cl)cc4)CC3)c21. The van der Waals surface area contributed by atoms with E-state index in [1.165, 1.54) is 11.3 Å². The molecule has 4 rings (SSSR count). The minimum Gasteiger partial charge on any atom is -0.353 e. The summed E-state index contributed by atoms with van der Waals surface area (Å²) < 4.78 is 0. The second kappa shape index (κ2) is 9.98. The first kappa shape index (κ1) is 24.0. The van der Waals surface area contributed by atoms with E-state index in [1.807, 2.05) is 29.2 Å². The Balaban J connectivity index is 1.45. The highest BCUT2D eigenvalue weighted by Crippen LogP contribution is 2.37. The predicted octanol–water partition coefficient (Wildman–Crippen LogP) is 4.25. The number of halogens is 1. The van der Waals surface area contributed by atoms with Crippen molar-refractivity contribution in [1.82, 2.24) is 20.2 Å². The molecule has 1 amide bonds. The fourth-order valence-electron chi connectivity index (χ4n) is 4.87. The van der Waals surface area contributed by atoms with E-state index < -0.39 is 0 Å². The lowest BCUT2D eigenvalue weighted by Crippen LogP contribution is -2.51. The average Bonchev–Trinajstić information content (AvgIpc) is 3.18. The quantitative estimate of drug-likeness (QED) is 0.685. The smallest absolute Gasteiger partial charge is 0.231 e. The van der Waals surface area contributed by atoms with Crippen molar-refractivity contribution < 1.29 is 4.79 Å². The van der Waals surface area contributed by atoms with E-state index in [0.717, 1.165) is 43.9 Å². The molecule has 1 aliphatic heterocycles. The summed E-state index contributed by atoms with van der Waals surface area (Å²) >= 11 is 6.11. The van der Waals surface area contributed by atoms with E-state index in [1.54, 1.807) is 6.33 Å². The normalized spacial score (nSPS) is 19.5. The summed E-state index contributed by atoms with van der Waals surface area (Å²) in [6.45, 7) is 13.3. The van der Waals surface area contributed by atoms with Crippen LogP contribution in [0.2, 0.25) is 5.02 Å². The zero-order valence-electron chi connectivity index (χ0n) is 20.3. The number of nitrogens with zero attached hydrogens (tertiary/aromatic N) is 4. The summed E-state index contributed by atoms with van der Waals surface area (Å²) in [4.78, 5) is 27.1. The number of carbonyl (C=O) groups is 1. The molecule has 0 spiro atoms. The van der Waals surface area contributed by atoms with Crippen molar-refractivity contribution in [2.75, 3.05) is 44.2 Å². The van der Waals surface area contributed by atoms with Crippen LogP contribution in [-0.4, -0.2) is 60.0 Å². The molecule has 1 saturated heterocycles. The standard InChI is InChI=1S/C26H36ClN5O/c1-18-5-10-22-23(18)24(30-17-29-22)31-11-13-32(14-12-31)25(33)21(15-28-16-26(2,3)4)19-6-8-20(27)9-7-19/h6-9,17-18,21,28H,5,10-16H2,1-4H3. The van der Waals surface area contributed by atoms with Gasteiger partial charge in [0.15, 0.2) is 0 Å². The van der Waals surface area contributed by atoms with Crippen LogP contribution in [0.1, 0.15) is 62.8 Å². The molecule has 2 atom stereocenters. The van der Waals surface area contributed by atoms with E-state index in [4.69, 9.17) is 11.6 Å². The van der Waals surface area contributed by atoms with Gasteiger partial charge in [-0.15, -0.1) is 0 Å². The zero-order chi connectivity index (χ0) is 23.6. The molecule has 0 bridgehead atoms. The Kier molecular flexibility index (Phi) is 7.25. The molecule has 2 heterocycles. The molecule has 1 aliphatic carbocycles. The average molecular weight is 470 g/mol. The van der Waals surface area contributed by atoms with Gasteiger partial charge in [0.2, 0.25) is 5.91 Å². The molecule has 1 aromatic heterocycles. The topological polar surface area (TPSA) is 61.4 Å². The number of hydrogen-bond acceptors (Lipinski definition) is 5. The van der Waals surface area contributed by atoms with Gasteiger partial charge in [0.05, 0.1) is 5.92 Å². The lowest BCUT2D eigenvalue weighted by Gasteiger charge is -2.38. The number of nitrogens with one attached hydrogen (secondary N) is 1. The highest BCUT2D eigenvalue weighted by atomic mass is 35.5. The van der Waals surface area contributed by atoms with Gasteiger partial charge in [-0.1, -0.05) is 51.4 Å². The van der Waals surface area contributed by atoms with Gasteiger partial charge in [-0.05, 0) is 41.9 Å². The number of anilines is 1. The van der Waals surface area contributed by atoms with Gasteiger partial charge in [0, 0.05) is 55.5 Å². The third-order valence-electron chi connectivity index (χ3n) is 6.72. The summed E-state index contributed by atoms with van der Waals surface area (Å²) in [7, 11) is 0. The minimum atomic E-state index is -0.223. The molecule has 33 heavy (non-hydrogen) atoms. The molecular weight excluding hydrogens is 434 g/mol. The van der Waals surface area contributed by atoms with Crippen molar-refractivity contribution in [2.45, 2.75) is 52.4 Å². The summed E-state index contributed by atoms with van der Waals surface area (Å²) in [5.41, 5.74) is 3.67. The van der Waals surface area contributed by atoms with E-state index in [-0.39, 0.29) is 17.2 Å². The van der Waals surface area contributed by atoms with Crippen LogP contribution in [0.4, 0.5) is 5.82 Å². The van der Waals surface area contributed by atoms with E-state index in [0.29, 0.717) is 30.6 Å². The summed E-state index contributed by atoms with van der Waals surface area (Å²) in [5, 5.41) is 4.21. The molecule has 6 nitrogen and oxygen atoms in total. The molecular formula is C26H36ClN5O. The van der Waals surface area contributed by atoms with E-state index in [9.17, 15) is 4.79 Å². The van der Waals surface area contributed by atoms with Gasteiger partial charge in [-0.25, -0.2) is 9.97 Å². The fraction of sp³-hybridized carbons (Fsp3) is 0.577. The summed E-state index contributed by atoms with van der Waals surface area (Å²) in [6.07, 6.45) is 3.87. The number of carbonyl (C=O) groups excluding carboxylic acids is 1. The maximum Gasteiger partial charge on any atom is 0.231 e. The van der Waals surface area contributed by atoms with Crippen molar-refractivity contribution in [1.29, 1.82) is 0 Å². The van der Waals surface area contributed by atoms with Crippen molar-refractivity contribution in [2.24, 2.45) is 5.41 Å². The molecule has 7 heteroatoms. The second-order valence-electron chi connectivity index (χ2n) is 10.6. The number of hydrogen-bond donors (Lipinski definition) is 1. The number of benzene rings is 1. The minimum absolute atomic E-state index is 0.161. The molecule has 1 fully saturated rings. The molecule has 2 aliphatic rings. The monoisotopic (exact) mass is 469 g/mol. The molecule has 2 unspecified atom stereocenters. The van der Waals surface area contributed by atoms with Crippen LogP contribution in [0.5, 0.6) is 0 Å². The lowest BCUT2D eigenvalue weighted by atomic mass is 9.94. The fourth-order valence-corrected chi connectivity index (χ4v) is 4.99. The lowest BCUT2D eigenvalue weighted by molar-refractivity contribution is -0.133. The Morgan fingerprint density at radius 3 is 2.52 bits per heavy atom. The van der Waals surface area contributed by atoms with Gasteiger partial charge < -0.3 is 15.1 Å². The molecule has 2 aromatic rings. The van der Waals surface area contributed by atoms with Crippen LogP contribution in [0.25, 0.3) is 0 Å². The Bertz CT molecular complexity index is 964. The maximum absolute atomic E-state index is 13.6. The number of aromatic nitrogens is 2. The first-order chi connectivity index (χ1) is 15.7. The van der Waals surface area contributed by atoms with Gasteiger partial charge in [-0.2, -0.15) is 0 Å². The van der Waals surface area contributed by atoms with Crippen molar-refractivity contribution in [3.8, 4) is 0 Å². The van der Waals surface area contributed by atoms with Crippen LogP contribution < -0.4 is 10.2 Å². The first-order valence-corrected chi connectivity index (χ1v) is 12.4. The van der Waals surface area contributed by atoms with Crippen LogP contribution in [0.15, 0.2) is 30.6 Å². The van der Waals surface area contributed by atoms with E-state index >= 15 is 0 Å². The van der Waals surface area contributed by atoms with Crippen LogP contribution in [-0.2, 0) is 11.2 Å². The summed E-state index contributed by atoms with van der Waals surface area (Å²) in [5.74, 6) is 1.52. The Morgan fingerprint density at radius 2 is 1.85 bits per heavy atom. The Hall–Kier alpha value is -2.18. The third kappa shape index (κ3) is 5.67. The number of fused-ring (bicyclic) bond motifs is 1. The van der Waals surface area contributed by atoms with Gasteiger partial charge in [0.1, 0.15) is 12.1 Å². The van der Waals surface area contributed by atoms with Crippen molar-refractivity contribution >= 4 is 23.3 Å². The molecule has 1 aromatic carbocycles. The molecule has 178 valence electrons. The van der Waals surface area contributed by atoms with Gasteiger partial charge in [-0.3, -0.25) is 4.79 Å². The van der Waals surface area contributed by atoms with Crippen molar-refractivity contribution in [3.63, 3.8) is 0 Å². The predicted molar refractivity (Wildman–Crippen MR) is 134 cm³/mol. The second-order valence-corrected chi connectivity index (χ2v) is 11.0. The van der Waals surface area contributed by atoms with E-state index in [2.05, 4.69) is 47.9 Å². The summed E-state index contributed by atoms with van der Waals surface area (Å²) in [6, 6.07) is 7.70. The Labute approximate surface area is 202 Å². The van der Waals surface area contributed by atoms with Crippen LogP contribution in [0, 0.1) is 5.41 Å². The first-order valence-electron chi connectivity index (χ1n) is 12.1. The van der Waals surface area contributed by atoms with Crippen LogP contribution >= 0.6 is 11.6 Å². The molecule has 0 saturated carbocycles. The highest BCUT2D eigenvalue weighted by Gasteiger charge is 2.32. The van der Waals surface area contributed by atoms with Crippen LogP contribution in [0.3, 0.4) is 0 Å². The van der Waals surface area contributed by atoms with Gasteiger partial charge >= 0.3 is 0 Å². The number of aryl methyl sites for hydroxylation is 1. The van der Waals surface area contributed by atoms with Gasteiger partial charge in [0.25, 0.3) is 0 Å². The largest absolute Gasteiger partial charge is 0.353 e. The molecule has 0 radical (unpaired) electrons. The number of rotatable bonds is 6. The van der Waals surface area contributed by atoms with Crippen molar-refractivity contribution in [3.05, 3.63) is 52.4 Å². The Morgan fingerprint density at radius 1 is 1.15 bits per heavy atom. The third-order valence-corrected chi connectivity index (χ3v) is 6.97. The zero-order valence-corrected chi connectivity index (χ0v) is 21.0. The number of piperazine rings is 1. The molecule has 1 N–H and O–H groups in total. The maximum atomic E-state index is 13.6. The highest BCUT2D eigenvalue weighted by molar-refractivity contribution is 6.30.